The molecule has 1 aromatic rings. The Bertz CT molecular complexity index is 602. The highest BCUT2D eigenvalue weighted by atomic mass is 35.5. The molecule has 0 heterocycles. The zero-order chi connectivity index (χ0) is 15.7. The SMILES string of the molecule is O=C(O)C1CCCC(C(=O)NC2CCc3cc(Cl)ccc32)C1. The number of carboxylic acid groups (broad SMARTS) is 1. The molecule has 22 heavy (non-hydrogen) atoms. The van der Waals surface area contributed by atoms with Crippen molar-refractivity contribution in [1.82, 2.24) is 5.32 Å². The first-order valence-electron chi connectivity index (χ1n) is 7.86. The van der Waals surface area contributed by atoms with Crippen LogP contribution in [0.4, 0.5) is 0 Å². The number of nitrogens with one attached hydrogen (secondary N) is 1. The number of rotatable bonds is 3. The Kier molecular flexibility index (Phi) is 4.39. The first-order chi connectivity index (χ1) is 10.5. The van der Waals surface area contributed by atoms with Crippen molar-refractivity contribution in [2.45, 2.75) is 44.6 Å². The van der Waals surface area contributed by atoms with Gasteiger partial charge in [-0.05, 0) is 55.4 Å². The molecule has 118 valence electrons. The summed E-state index contributed by atoms with van der Waals surface area (Å²) in [6, 6.07) is 5.83. The number of benzene rings is 1. The molecule has 3 rings (SSSR count). The summed E-state index contributed by atoms with van der Waals surface area (Å²) < 4.78 is 0. The van der Waals surface area contributed by atoms with Gasteiger partial charge in [-0.15, -0.1) is 0 Å². The van der Waals surface area contributed by atoms with E-state index in [1.54, 1.807) is 0 Å². The number of hydrogen-bond donors (Lipinski definition) is 2. The Morgan fingerprint density at radius 3 is 2.73 bits per heavy atom. The zero-order valence-corrected chi connectivity index (χ0v) is 13.1. The van der Waals surface area contributed by atoms with Crippen molar-refractivity contribution in [3.63, 3.8) is 0 Å². The third-order valence-electron chi connectivity index (χ3n) is 4.89. The smallest absolute Gasteiger partial charge is 0.306 e. The Morgan fingerprint density at radius 2 is 1.95 bits per heavy atom. The van der Waals surface area contributed by atoms with Gasteiger partial charge in [-0.2, -0.15) is 0 Å². The van der Waals surface area contributed by atoms with Gasteiger partial charge in [-0.25, -0.2) is 0 Å². The molecular weight excluding hydrogens is 302 g/mol. The molecule has 1 saturated carbocycles. The van der Waals surface area contributed by atoms with Crippen molar-refractivity contribution in [3.8, 4) is 0 Å². The van der Waals surface area contributed by atoms with Gasteiger partial charge in [0.15, 0.2) is 0 Å². The van der Waals surface area contributed by atoms with Gasteiger partial charge in [0.1, 0.15) is 0 Å². The van der Waals surface area contributed by atoms with E-state index in [0.29, 0.717) is 12.8 Å². The van der Waals surface area contributed by atoms with Crippen molar-refractivity contribution in [2.75, 3.05) is 0 Å². The van der Waals surface area contributed by atoms with Crippen molar-refractivity contribution in [1.29, 1.82) is 0 Å². The maximum Gasteiger partial charge on any atom is 0.306 e. The molecule has 2 aliphatic carbocycles. The van der Waals surface area contributed by atoms with E-state index < -0.39 is 5.97 Å². The van der Waals surface area contributed by atoms with Crippen LogP contribution in [0.3, 0.4) is 0 Å². The number of carboxylic acids is 1. The zero-order valence-electron chi connectivity index (χ0n) is 12.3. The number of carbonyl (C=O) groups excluding carboxylic acids is 1. The lowest BCUT2D eigenvalue weighted by Gasteiger charge is -2.27. The molecule has 5 heteroatoms. The highest BCUT2D eigenvalue weighted by Gasteiger charge is 2.33. The second-order valence-electron chi connectivity index (χ2n) is 6.34. The van der Waals surface area contributed by atoms with Crippen LogP contribution in [-0.2, 0) is 16.0 Å². The van der Waals surface area contributed by atoms with E-state index in [4.69, 9.17) is 16.7 Å². The van der Waals surface area contributed by atoms with E-state index in [9.17, 15) is 9.59 Å². The van der Waals surface area contributed by atoms with Crippen LogP contribution in [0.2, 0.25) is 5.02 Å². The number of aliphatic carboxylic acids is 1. The van der Waals surface area contributed by atoms with Crippen LogP contribution in [0.1, 0.15) is 49.3 Å². The fourth-order valence-electron chi connectivity index (χ4n) is 3.68. The Labute approximate surface area is 134 Å². The summed E-state index contributed by atoms with van der Waals surface area (Å²) >= 11 is 6.00. The topological polar surface area (TPSA) is 66.4 Å². The van der Waals surface area contributed by atoms with E-state index in [2.05, 4.69) is 5.32 Å². The van der Waals surface area contributed by atoms with Gasteiger partial charge < -0.3 is 10.4 Å². The van der Waals surface area contributed by atoms with Crippen molar-refractivity contribution in [3.05, 3.63) is 34.3 Å². The largest absolute Gasteiger partial charge is 0.481 e. The van der Waals surface area contributed by atoms with Crippen molar-refractivity contribution >= 4 is 23.5 Å². The first-order valence-corrected chi connectivity index (χ1v) is 8.24. The van der Waals surface area contributed by atoms with Crippen LogP contribution in [-0.4, -0.2) is 17.0 Å². The summed E-state index contributed by atoms with van der Waals surface area (Å²) in [6.45, 7) is 0. The molecule has 0 spiro atoms. The molecule has 0 bridgehead atoms. The van der Waals surface area contributed by atoms with E-state index in [0.717, 1.165) is 36.3 Å². The maximum absolute atomic E-state index is 12.5. The summed E-state index contributed by atoms with van der Waals surface area (Å²) in [5.74, 6) is -1.33. The third-order valence-corrected chi connectivity index (χ3v) is 5.13. The van der Waals surface area contributed by atoms with Gasteiger partial charge in [0, 0.05) is 10.9 Å². The normalized spacial score (nSPS) is 27.2. The van der Waals surface area contributed by atoms with Crippen LogP contribution < -0.4 is 5.32 Å². The summed E-state index contributed by atoms with van der Waals surface area (Å²) in [7, 11) is 0. The molecule has 1 fully saturated rings. The number of halogens is 1. The van der Waals surface area contributed by atoms with E-state index in [-0.39, 0.29) is 23.8 Å². The number of amides is 1. The molecule has 3 atom stereocenters. The van der Waals surface area contributed by atoms with Gasteiger partial charge in [-0.1, -0.05) is 24.1 Å². The predicted octanol–water partition coefficient (Wildman–Crippen LogP) is 3.33. The van der Waals surface area contributed by atoms with Gasteiger partial charge in [0.2, 0.25) is 5.91 Å². The minimum absolute atomic E-state index is 0.00116. The third kappa shape index (κ3) is 3.12. The molecule has 0 saturated heterocycles. The molecular formula is C17H20ClNO3. The lowest BCUT2D eigenvalue weighted by atomic mass is 9.81. The van der Waals surface area contributed by atoms with Gasteiger partial charge in [-0.3, -0.25) is 9.59 Å². The second kappa shape index (κ2) is 6.29. The highest BCUT2D eigenvalue weighted by molar-refractivity contribution is 6.30. The molecule has 3 unspecified atom stereocenters. The second-order valence-corrected chi connectivity index (χ2v) is 6.78. The number of hydrogen-bond acceptors (Lipinski definition) is 2. The summed E-state index contributed by atoms with van der Waals surface area (Å²) in [6.07, 6.45) is 4.55. The van der Waals surface area contributed by atoms with Crippen LogP contribution in [0.25, 0.3) is 0 Å². The molecule has 0 aromatic heterocycles. The molecule has 1 aromatic carbocycles. The van der Waals surface area contributed by atoms with Crippen LogP contribution >= 0.6 is 11.6 Å². The standard InChI is InChI=1S/C17H20ClNO3/c18-13-5-6-14-10(9-13)4-7-15(14)19-16(20)11-2-1-3-12(8-11)17(21)22/h5-6,9,11-12,15H,1-4,7-8H2,(H,19,20)(H,21,22). The van der Waals surface area contributed by atoms with Crippen molar-refractivity contribution < 1.29 is 14.7 Å². The fourth-order valence-corrected chi connectivity index (χ4v) is 3.87. The lowest BCUT2D eigenvalue weighted by Crippen LogP contribution is -2.36. The van der Waals surface area contributed by atoms with E-state index in [1.165, 1.54) is 5.56 Å². The van der Waals surface area contributed by atoms with E-state index in [1.807, 2.05) is 18.2 Å². The Morgan fingerprint density at radius 1 is 1.18 bits per heavy atom. The monoisotopic (exact) mass is 321 g/mol. The van der Waals surface area contributed by atoms with Crippen LogP contribution in [0.15, 0.2) is 18.2 Å². The van der Waals surface area contributed by atoms with Gasteiger partial charge >= 0.3 is 5.97 Å². The highest BCUT2D eigenvalue weighted by Crippen LogP contribution is 2.34. The average molecular weight is 322 g/mol. The molecule has 2 N–H and O–H groups in total. The lowest BCUT2D eigenvalue weighted by molar-refractivity contribution is -0.144. The maximum atomic E-state index is 12.5. The van der Waals surface area contributed by atoms with E-state index >= 15 is 0 Å². The fraction of sp³-hybridized carbons (Fsp3) is 0.529. The average Bonchev–Trinajstić information content (AvgIpc) is 2.89. The summed E-state index contributed by atoms with van der Waals surface area (Å²) in [4.78, 5) is 23.6. The minimum atomic E-state index is -0.779. The number of carbonyl (C=O) groups is 2. The van der Waals surface area contributed by atoms with Gasteiger partial charge in [0.25, 0.3) is 0 Å². The quantitative estimate of drug-likeness (QED) is 0.897. The Balaban J connectivity index is 1.65. The van der Waals surface area contributed by atoms with Crippen LogP contribution in [0.5, 0.6) is 0 Å². The van der Waals surface area contributed by atoms with Crippen molar-refractivity contribution in [2.24, 2.45) is 11.8 Å². The first kappa shape index (κ1) is 15.3. The van der Waals surface area contributed by atoms with Crippen LogP contribution in [0, 0.1) is 11.8 Å². The number of aryl methyl sites for hydroxylation is 1. The molecule has 4 nitrogen and oxygen atoms in total. The Hall–Kier alpha value is -1.55. The van der Waals surface area contributed by atoms with Gasteiger partial charge in [0.05, 0.1) is 12.0 Å². The molecule has 0 aliphatic heterocycles. The molecule has 0 radical (unpaired) electrons. The number of fused-ring (bicyclic) bond motifs is 1. The predicted molar refractivity (Wildman–Crippen MR) is 83.7 cm³/mol. The molecule has 2 aliphatic rings. The minimum Gasteiger partial charge on any atom is -0.481 e. The molecule has 1 amide bonds. The summed E-state index contributed by atoms with van der Waals surface area (Å²) in [5, 5.41) is 13.0. The summed E-state index contributed by atoms with van der Waals surface area (Å²) in [5.41, 5.74) is 2.34.